The van der Waals surface area contributed by atoms with Crippen LogP contribution < -0.4 is 10.1 Å². The number of benzene rings is 1. The van der Waals surface area contributed by atoms with Crippen molar-refractivity contribution in [2.24, 2.45) is 0 Å². The van der Waals surface area contributed by atoms with Gasteiger partial charge in [-0.05, 0) is 51.1 Å². The molecular formula is C21H27BrN4O3S. The van der Waals surface area contributed by atoms with Gasteiger partial charge in [0.25, 0.3) is 0 Å². The van der Waals surface area contributed by atoms with Gasteiger partial charge >= 0.3 is 5.97 Å². The largest absolute Gasteiger partial charge is 0.493 e. The van der Waals surface area contributed by atoms with E-state index >= 15 is 0 Å². The highest BCUT2D eigenvalue weighted by atomic mass is 79.9. The maximum atomic E-state index is 13.1. The molecule has 162 valence electrons. The lowest BCUT2D eigenvalue weighted by Crippen LogP contribution is -2.31. The first-order valence-corrected chi connectivity index (χ1v) is 11.8. The van der Waals surface area contributed by atoms with Gasteiger partial charge in [-0.25, -0.2) is 9.48 Å². The van der Waals surface area contributed by atoms with Crippen LogP contribution in [-0.2, 0) is 9.53 Å². The second kappa shape index (κ2) is 9.87. The van der Waals surface area contributed by atoms with Gasteiger partial charge in [0.1, 0.15) is 11.8 Å². The summed E-state index contributed by atoms with van der Waals surface area (Å²) in [5, 5.41) is 8.57. The van der Waals surface area contributed by atoms with Gasteiger partial charge in [0.05, 0.1) is 18.3 Å². The van der Waals surface area contributed by atoms with E-state index in [9.17, 15) is 4.79 Å². The summed E-state index contributed by atoms with van der Waals surface area (Å²) in [6.45, 7) is 10.2. The van der Waals surface area contributed by atoms with E-state index in [1.54, 1.807) is 16.4 Å². The Morgan fingerprint density at radius 2 is 2.13 bits per heavy atom. The fourth-order valence-corrected chi connectivity index (χ4v) is 4.16. The molecule has 0 radical (unpaired) electrons. The van der Waals surface area contributed by atoms with Crippen LogP contribution in [0.1, 0.15) is 52.6 Å². The predicted molar refractivity (Wildman–Crippen MR) is 122 cm³/mol. The summed E-state index contributed by atoms with van der Waals surface area (Å²) in [7, 11) is 0. The Hall–Kier alpha value is -2.00. The van der Waals surface area contributed by atoms with Crippen LogP contribution >= 0.6 is 27.7 Å². The number of hydrogen-bond acceptors (Lipinski definition) is 7. The van der Waals surface area contributed by atoms with E-state index < -0.39 is 6.04 Å². The summed E-state index contributed by atoms with van der Waals surface area (Å²) in [4.78, 5) is 17.7. The zero-order valence-corrected chi connectivity index (χ0v) is 20.3. The van der Waals surface area contributed by atoms with Crippen molar-refractivity contribution in [1.82, 2.24) is 14.8 Å². The molecule has 1 atom stereocenters. The minimum atomic E-state index is -0.518. The normalized spacial score (nSPS) is 15.8. The Morgan fingerprint density at radius 3 is 2.80 bits per heavy atom. The quantitative estimate of drug-likeness (QED) is 0.399. The lowest BCUT2D eigenvalue weighted by Gasteiger charge is -2.29. The second-order valence-electron chi connectivity index (χ2n) is 7.15. The molecule has 0 bridgehead atoms. The first-order chi connectivity index (χ1) is 14.3. The number of halogens is 1. The number of esters is 1. The van der Waals surface area contributed by atoms with Gasteiger partial charge in [0.15, 0.2) is 0 Å². The van der Waals surface area contributed by atoms with Gasteiger partial charge < -0.3 is 14.8 Å². The first kappa shape index (κ1) is 22.7. The van der Waals surface area contributed by atoms with E-state index in [2.05, 4.69) is 45.2 Å². The topological polar surface area (TPSA) is 78.3 Å². The molecule has 1 unspecified atom stereocenters. The van der Waals surface area contributed by atoms with Gasteiger partial charge in [0, 0.05) is 15.7 Å². The molecule has 0 aliphatic carbocycles. The van der Waals surface area contributed by atoms with Crippen molar-refractivity contribution in [3.05, 3.63) is 39.5 Å². The smallest absolute Gasteiger partial charge is 0.338 e. The molecule has 7 nitrogen and oxygen atoms in total. The Bertz CT molecular complexity index is 958. The molecule has 3 rings (SSSR count). The molecule has 1 aliphatic heterocycles. The number of carbonyl (C=O) groups excluding carboxylic acids is 1. The van der Waals surface area contributed by atoms with Crippen molar-refractivity contribution in [3.8, 4) is 5.75 Å². The van der Waals surface area contributed by atoms with Crippen molar-refractivity contribution in [3.63, 3.8) is 0 Å². The second-order valence-corrected chi connectivity index (χ2v) is 9.29. The summed E-state index contributed by atoms with van der Waals surface area (Å²) in [5.41, 5.74) is 2.02. The lowest BCUT2D eigenvalue weighted by atomic mass is 9.95. The molecule has 2 heterocycles. The van der Waals surface area contributed by atoms with Gasteiger partial charge in [0.2, 0.25) is 11.1 Å². The van der Waals surface area contributed by atoms with Crippen LogP contribution in [0.15, 0.2) is 39.1 Å². The SMILES string of the molecule is CCCOc1ccc(Br)cc1C1C(C(=O)OC(C)C)=C(C)Nc2nc(SCC)nn21. The van der Waals surface area contributed by atoms with Gasteiger partial charge in [-0.3, -0.25) is 0 Å². The van der Waals surface area contributed by atoms with E-state index in [0.717, 1.165) is 22.2 Å². The number of nitrogens with one attached hydrogen (secondary N) is 1. The minimum Gasteiger partial charge on any atom is -0.493 e. The van der Waals surface area contributed by atoms with Crippen molar-refractivity contribution in [1.29, 1.82) is 0 Å². The summed E-state index contributed by atoms with van der Waals surface area (Å²) in [6, 6.07) is 5.29. The Labute approximate surface area is 189 Å². The highest BCUT2D eigenvalue weighted by molar-refractivity contribution is 9.10. The molecule has 1 N–H and O–H groups in total. The number of hydrogen-bond donors (Lipinski definition) is 1. The molecule has 2 aromatic rings. The van der Waals surface area contributed by atoms with Crippen LogP contribution in [0.4, 0.5) is 5.95 Å². The fourth-order valence-electron chi connectivity index (χ4n) is 3.23. The molecule has 0 spiro atoms. The van der Waals surface area contributed by atoms with Crippen molar-refractivity contribution in [2.75, 3.05) is 17.7 Å². The third-order valence-corrected chi connectivity index (χ3v) is 5.61. The number of aromatic nitrogens is 3. The number of allylic oxidation sites excluding steroid dienone is 1. The van der Waals surface area contributed by atoms with Crippen LogP contribution in [0, 0.1) is 0 Å². The number of carbonyl (C=O) groups is 1. The highest BCUT2D eigenvalue weighted by Crippen LogP contribution is 2.41. The monoisotopic (exact) mass is 494 g/mol. The first-order valence-electron chi connectivity index (χ1n) is 10.1. The standard InChI is InChI=1S/C21H27BrN4O3S/c1-6-10-28-16-9-8-14(22)11-15(16)18-17(19(27)29-12(3)4)13(5)23-20-24-21(30-7-2)25-26(18)20/h8-9,11-12,18H,6-7,10H2,1-5H3,(H,23,24,25). The molecule has 30 heavy (non-hydrogen) atoms. The summed E-state index contributed by atoms with van der Waals surface area (Å²) in [5.74, 6) is 1.77. The molecular weight excluding hydrogens is 468 g/mol. The van der Waals surface area contributed by atoms with Crippen molar-refractivity contribution < 1.29 is 14.3 Å². The fraction of sp³-hybridized carbons (Fsp3) is 0.476. The summed E-state index contributed by atoms with van der Waals surface area (Å²) in [6.07, 6.45) is 0.644. The van der Waals surface area contributed by atoms with E-state index in [0.29, 0.717) is 34.7 Å². The summed E-state index contributed by atoms with van der Waals surface area (Å²) < 4.78 is 14.2. The van der Waals surface area contributed by atoms with Crippen LogP contribution in [0.2, 0.25) is 0 Å². The lowest BCUT2D eigenvalue weighted by molar-refractivity contribution is -0.143. The molecule has 9 heteroatoms. The van der Waals surface area contributed by atoms with Crippen molar-refractivity contribution >= 4 is 39.6 Å². The average molecular weight is 495 g/mol. The van der Waals surface area contributed by atoms with Crippen molar-refractivity contribution in [2.45, 2.75) is 58.3 Å². The molecule has 0 fully saturated rings. The number of ether oxygens (including phenoxy) is 2. The van der Waals surface area contributed by atoms with Crippen LogP contribution in [0.3, 0.4) is 0 Å². The van der Waals surface area contributed by atoms with E-state index in [4.69, 9.17) is 9.47 Å². The maximum absolute atomic E-state index is 13.1. The van der Waals surface area contributed by atoms with E-state index in [1.807, 2.05) is 39.0 Å². The summed E-state index contributed by atoms with van der Waals surface area (Å²) >= 11 is 5.11. The maximum Gasteiger partial charge on any atom is 0.338 e. The molecule has 1 aliphatic rings. The Kier molecular flexibility index (Phi) is 7.46. The van der Waals surface area contributed by atoms with Gasteiger partial charge in [-0.15, -0.1) is 5.10 Å². The molecule has 0 amide bonds. The number of anilines is 1. The Balaban J connectivity index is 2.18. The number of nitrogens with zero attached hydrogens (tertiary/aromatic N) is 3. The average Bonchev–Trinajstić information content (AvgIpc) is 3.07. The van der Waals surface area contributed by atoms with Gasteiger partial charge in [-0.1, -0.05) is 41.5 Å². The highest BCUT2D eigenvalue weighted by Gasteiger charge is 2.37. The zero-order chi connectivity index (χ0) is 21.8. The zero-order valence-electron chi connectivity index (χ0n) is 17.9. The van der Waals surface area contributed by atoms with E-state index in [-0.39, 0.29) is 12.1 Å². The van der Waals surface area contributed by atoms with Crippen LogP contribution in [0.5, 0.6) is 5.75 Å². The predicted octanol–water partition coefficient (Wildman–Crippen LogP) is 5.18. The number of rotatable bonds is 8. The Morgan fingerprint density at radius 1 is 1.37 bits per heavy atom. The van der Waals surface area contributed by atoms with Crippen LogP contribution in [-0.4, -0.2) is 39.2 Å². The molecule has 1 aromatic carbocycles. The number of fused-ring (bicyclic) bond motifs is 1. The molecule has 0 saturated carbocycles. The number of thioether (sulfide) groups is 1. The van der Waals surface area contributed by atoms with E-state index in [1.165, 1.54) is 0 Å². The minimum absolute atomic E-state index is 0.236. The van der Waals surface area contributed by atoms with Crippen LogP contribution in [0.25, 0.3) is 0 Å². The van der Waals surface area contributed by atoms with Gasteiger partial charge in [-0.2, -0.15) is 4.98 Å². The molecule has 0 saturated heterocycles. The third kappa shape index (κ3) is 4.83. The third-order valence-electron chi connectivity index (χ3n) is 4.40. The molecule has 1 aromatic heterocycles.